The van der Waals surface area contributed by atoms with Crippen molar-refractivity contribution in [3.63, 3.8) is 0 Å². The largest absolute Gasteiger partial charge is 0.483 e. The Kier molecular flexibility index (Phi) is 7.67. The van der Waals surface area contributed by atoms with Crippen LogP contribution >= 0.6 is 34.2 Å². The number of hydrogen-bond donors (Lipinski definition) is 1. The molecular weight excluding hydrogens is 489 g/mol. The van der Waals surface area contributed by atoms with Crippen molar-refractivity contribution in [2.75, 3.05) is 9.93 Å². The molecule has 28 heavy (non-hydrogen) atoms. The quantitative estimate of drug-likeness (QED) is 0.207. The zero-order chi connectivity index (χ0) is 19.9. The van der Waals surface area contributed by atoms with E-state index >= 15 is 0 Å². The summed E-state index contributed by atoms with van der Waals surface area (Å²) in [6, 6.07) is 7.48. The normalized spacial score (nSPS) is 19.5. The molecule has 1 aliphatic rings. The maximum absolute atomic E-state index is 12.6. The summed E-state index contributed by atoms with van der Waals surface area (Å²) in [4.78, 5) is 21.1. The zero-order valence-electron chi connectivity index (χ0n) is 15.7. The van der Waals surface area contributed by atoms with Crippen molar-refractivity contribution >= 4 is 51.6 Å². The number of rotatable bonds is 7. The van der Waals surface area contributed by atoms with Crippen molar-refractivity contribution in [1.82, 2.24) is 9.97 Å². The molecule has 2 aromatic rings. The molecule has 1 fully saturated rings. The molecule has 0 atom stereocenters. The molecule has 0 aliphatic heterocycles. The van der Waals surface area contributed by atoms with Crippen molar-refractivity contribution in [3.05, 3.63) is 53.3 Å². The predicted octanol–water partition coefficient (Wildman–Crippen LogP) is 6.21. The van der Waals surface area contributed by atoms with E-state index in [2.05, 4.69) is 44.8 Å². The van der Waals surface area contributed by atoms with E-state index in [9.17, 15) is 4.79 Å². The molecule has 0 unspecified atom stereocenters. The number of aromatic nitrogens is 2. The van der Waals surface area contributed by atoms with E-state index in [1.807, 2.05) is 30.3 Å². The molecule has 0 spiro atoms. The van der Waals surface area contributed by atoms with Crippen LogP contribution in [0.25, 0.3) is 0 Å². The highest BCUT2D eigenvalue weighted by molar-refractivity contribution is 14.1. The number of hydrogen-bond acceptors (Lipinski definition) is 5. The summed E-state index contributed by atoms with van der Waals surface area (Å²) in [7, 11) is 0. The van der Waals surface area contributed by atoms with Gasteiger partial charge in [-0.1, -0.05) is 43.5 Å². The third kappa shape index (κ3) is 5.91. The Morgan fingerprint density at radius 2 is 2.14 bits per heavy atom. The molecule has 0 bridgehead atoms. The summed E-state index contributed by atoms with van der Waals surface area (Å²) >= 11 is 8.31. The Morgan fingerprint density at radius 1 is 1.36 bits per heavy atom. The average molecular weight is 512 g/mol. The van der Waals surface area contributed by atoms with Gasteiger partial charge in [0, 0.05) is 11.8 Å². The lowest BCUT2D eigenvalue weighted by Gasteiger charge is -2.23. The summed E-state index contributed by atoms with van der Waals surface area (Å²) in [5, 5.41) is 3.35. The number of nitrogens with one attached hydrogen (secondary N) is 1. The third-order valence-corrected chi connectivity index (χ3v) is 5.46. The lowest BCUT2D eigenvalue weighted by atomic mass is 9.83. The van der Waals surface area contributed by atoms with E-state index in [0.717, 1.165) is 30.2 Å². The number of benzene rings is 1. The summed E-state index contributed by atoms with van der Waals surface area (Å²) < 4.78 is 6.04. The number of nitrogens with zero attached hydrogens (tertiary/aromatic N) is 2. The van der Waals surface area contributed by atoms with Gasteiger partial charge in [-0.05, 0) is 65.5 Å². The molecule has 1 aromatic heterocycles. The molecule has 0 amide bonds. The van der Waals surface area contributed by atoms with E-state index in [4.69, 9.17) is 16.3 Å². The highest BCUT2D eigenvalue weighted by Gasteiger charge is 2.17. The van der Waals surface area contributed by atoms with Crippen molar-refractivity contribution in [3.8, 4) is 5.75 Å². The predicted molar refractivity (Wildman–Crippen MR) is 121 cm³/mol. The van der Waals surface area contributed by atoms with Crippen LogP contribution in [0.5, 0.6) is 5.75 Å². The van der Waals surface area contributed by atoms with Crippen molar-refractivity contribution < 1.29 is 9.53 Å². The molecule has 1 heterocycles. The Labute approximate surface area is 184 Å². The third-order valence-electron chi connectivity index (χ3n) is 4.87. The van der Waals surface area contributed by atoms with E-state index in [1.165, 1.54) is 19.0 Å². The second-order valence-electron chi connectivity index (χ2n) is 7.04. The molecule has 1 saturated carbocycles. The van der Waals surface area contributed by atoms with E-state index < -0.39 is 0 Å². The van der Waals surface area contributed by atoms with Gasteiger partial charge in [0.2, 0.25) is 11.7 Å². The Bertz CT molecular complexity index is 851. The molecular formula is C21H23ClIN3O2. The van der Waals surface area contributed by atoms with Crippen molar-refractivity contribution in [1.29, 1.82) is 0 Å². The summed E-state index contributed by atoms with van der Waals surface area (Å²) in [5.41, 5.74) is 0.981. The van der Waals surface area contributed by atoms with Gasteiger partial charge in [-0.15, -0.1) is 0 Å². The van der Waals surface area contributed by atoms with Gasteiger partial charge in [-0.25, -0.2) is 9.97 Å². The zero-order valence-corrected chi connectivity index (χ0v) is 18.6. The minimum absolute atomic E-state index is 0.198. The van der Waals surface area contributed by atoms with Gasteiger partial charge >= 0.3 is 0 Å². The van der Waals surface area contributed by atoms with Gasteiger partial charge in [0.15, 0.2) is 0 Å². The fourth-order valence-corrected chi connectivity index (χ4v) is 3.78. The van der Waals surface area contributed by atoms with Gasteiger partial charge in [-0.2, -0.15) is 0 Å². The maximum Gasteiger partial charge on any atom is 0.227 e. The highest BCUT2D eigenvalue weighted by atomic mass is 127. The number of carbonyl (C=O) groups excluding carboxylic acids is 1. The smallest absolute Gasteiger partial charge is 0.227 e. The minimum atomic E-state index is -0.198. The lowest BCUT2D eigenvalue weighted by Crippen LogP contribution is -2.11. The number of allylic oxidation sites excluding steroid dienone is 2. The molecule has 1 N–H and O–H groups in total. The van der Waals surface area contributed by atoms with E-state index in [0.29, 0.717) is 16.5 Å². The second-order valence-corrected chi connectivity index (χ2v) is 8.07. The molecule has 5 nitrogen and oxygen atoms in total. The van der Waals surface area contributed by atoms with Crippen LogP contribution in [-0.4, -0.2) is 20.4 Å². The summed E-state index contributed by atoms with van der Waals surface area (Å²) in [6.07, 6.45) is 9.75. The molecule has 0 radical (unpaired) electrons. The fraction of sp³-hybridized carbons (Fsp3) is 0.381. The molecule has 3 rings (SSSR count). The number of carbonyl (C=O) groups is 1. The van der Waals surface area contributed by atoms with Crippen LogP contribution in [0.3, 0.4) is 0 Å². The van der Waals surface area contributed by atoms with Gasteiger partial charge < -0.3 is 10.1 Å². The fourth-order valence-electron chi connectivity index (χ4n) is 3.24. The minimum Gasteiger partial charge on any atom is -0.483 e. The van der Waals surface area contributed by atoms with Crippen LogP contribution < -0.4 is 10.1 Å². The number of ketones is 1. The molecule has 148 valence electrons. The Hall–Kier alpha value is -1.67. The topological polar surface area (TPSA) is 64.1 Å². The molecule has 0 saturated heterocycles. The van der Waals surface area contributed by atoms with Gasteiger partial charge in [-0.3, -0.25) is 4.79 Å². The Balaban J connectivity index is 1.70. The van der Waals surface area contributed by atoms with E-state index in [1.54, 1.807) is 6.08 Å². The van der Waals surface area contributed by atoms with Gasteiger partial charge in [0.25, 0.3) is 0 Å². The first-order valence-corrected chi connectivity index (χ1v) is 11.3. The summed E-state index contributed by atoms with van der Waals surface area (Å²) in [5.74, 6) is 2.11. The average Bonchev–Trinajstić information content (AvgIpc) is 2.69. The van der Waals surface area contributed by atoms with E-state index in [-0.39, 0.29) is 16.5 Å². The SMILES string of the molecule is CC1CCC(/C=C\C(=O)c2nc(Nc3cccc(OCI)c3)ncc2Cl)CC1. The first kappa shape index (κ1) is 21.0. The summed E-state index contributed by atoms with van der Waals surface area (Å²) in [6.45, 7) is 2.28. The van der Waals surface area contributed by atoms with Crippen LogP contribution in [0.4, 0.5) is 11.6 Å². The second kappa shape index (κ2) is 10.2. The first-order valence-electron chi connectivity index (χ1n) is 9.36. The highest BCUT2D eigenvalue weighted by Crippen LogP contribution is 2.29. The molecule has 1 aromatic carbocycles. The lowest BCUT2D eigenvalue weighted by molar-refractivity contribution is 0.104. The number of anilines is 2. The number of halogens is 2. The number of ether oxygens (including phenoxy) is 1. The standard InChI is InChI=1S/C21H23ClIN3O2/c1-14-5-7-15(8-6-14)9-10-19(27)20-18(22)12-24-21(26-20)25-16-3-2-4-17(11-16)28-13-23/h2-4,9-12,14-15H,5-8,13H2,1H3,(H,24,25,26)/b10-9-. The molecule has 7 heteroatoms. The van der Waals surface area contributed by atoms with Crippen LogP contribution in [0.15, 0.2) is 42.6 Å². The van der Waals surface area contributed by atoms with Crippen LogP contribution in [-0.2, 0) is 0 Å². The maximum atomic E-state index is 12.6. The molecule has 1 aliphatic carbocycles. The van der Waals surface area contributed by atoms with Crippen LogP contribution in [0.1, 0.15) is 43.1 Å². The first-order chi connectivity index (χ1) is 13.5. The van der Waals surface area contributed by atoms with Gasteiger partial charge in [0.05, 0.1) is 11.2 Å². The van der Waals surface area contributed by atoms with Crippen LogP contribution in [0, 0.1) is 11.8 Å². The number of alkyl halides is 1. The van der Waals surface area contributed by atoms with Gasteiger partial charge in [0.1, 0.15) is 16.1 Å². The Morgan fingerprint density at radius 3 is 2.89 bits per heavy atom. The van der Waals surface area contributed by atoms with Crippen molar-refractivity contribution in [2.24, 2.45) is 11.8 Å². The monoisotopic (exact) mass is 511 g/mol. The van der Waals surface area contributed by atoms with Crippen molar-refractivity contribution in [2.45, 2.75) is 32.6 Å². The van der Waals surface area contributed by atoms with Crippen LogP contribution in [0.2, 0.25) is 5.02 Å².